The molecule has 1 aliphatic heterocycles. The average Bonchev–Trinajstić information content (AvgIpc) is 3.28. The first-order chi connectivity index (χ1) is 13.7. The molecule has 0 bridgehead atoms. The molecule has 1 aromatic carbocycles. The smallest absolute Gasteiger partial charge is 0.318 e. The lowest BCUT2D eigenvalue weighted by molar-refractivity contribution is 0.0772. The SMILES string of the molecule is Cc1ccc(C)c(Cn2ccnc2CN(C[C@@H]2CCCO2)C(=O)NC(C)(C)C)c1. The highest BCUT2D eigenvalue weighted by atomic mass is 16.5. The first kappa shape index (κ1) is 21.4. The van der Waals surface area contributed by atoms with Crippen molar-refractivity contribution in [3.63, 3.8) is 0 Å². The van der Waals surface area contributed by atoms with E-state index in [9.17, 15) is 4.79 Å². The summed E-state index contributed by atoms with van der Waals surface area (Å²) < 4.78 is 7.92. The van der Waals surface area contributed by atoms with Crippen molar-refractivity contribution in [1.29, 1.82) is 0 Å². The lowest BCUT2D eigenvalue weighted by Gasteiger charge is -2.30. The minimum atomic E-state index is -0.292. The van der Waals surface area contributed by atoms with Crippen LogP contribution in [0.15, 0.2) is 30.6 Å². The Morgan fingerprint density at radius 3 is 2.83 bits per heavy atom. The highest BCUT2D eigenvalue weighted by Crippen LogP contribution is 2.17. The number of benzene rings is 1. The van der Waals surface area contributed by atoms with Crippen LogP contribution in [0.3, 0.4) is 0 Å². The zero-order chi connectivity index (χ0) is 21.0. The van der Waals surface area contributed by atoms with E-state index in [1.165, 1.54) is 16.7 Å². The molecule has 6 heteroatoms. The number of amides is 2. The number of ether oxygens (including phenoxy) is 1. The highest BCUT2D eigenvalue weighted by molar-refractivity contribution is 5.74. The summed E-state index contributed by atoms with van der Waals surface area (Å²) in [5.74, 6) is 0.882. The molecule has 2 heterocycles. The third-order valence-electron chi connectivity index (χ3n) is 5.20. The lowest BCUT2D eigenvalue weighted by Crippen LogP contribution is -2.50. The number of urea groups is 1. The predicted octanol–water partition coefficient (Wildman–Crippen LogP) is 4.04. The molecule has 0 unspecified atom stereocenters. The first-order valence-corrected chi connectivity index (χ1v) is 10.5. The summed E-state index contributed by atoms with van der Waals surface area (Å²) in [7, 11) is 0. The van der Waals surface area contributed by atoms with Gasteiger partial charge in [0.25, 0.3) is 0 Å². The van der Waals surface area contributed by atoms with Gasteiger partial charge in [-0.1, -0.05) is 23.8 Å². The van der Waals surface area contributed by atoms with Gasteiger partial charge in [-0.3, -0.25) is 0 Å². The number of nitrogens with zero attached hydrogens (tertiary/aromatic N) is 3. The number of imidazole rings is 1. The third kappa shape index (κ3) is 6.07. The Balaban J connectivity index is 1.77. The summed E-state index contributed by atoms with van der Waals surface area (Å²) in [6.45, 7) is 12.8. The normalized spacial score (nSPS) is 16.8. The zero-order valence-electron chi connectivity index (χ0n) is 18.4. The molecule has 1 fully saturated rings. The van der Waals surface area contributed by atoms with Crippen molar-refractivity contribution in [2.45, 2.75) is 72.2 Å². The van der Waals surface area contributed by atoms with Gasteiger partial charge in [0, 0.05) is 37.6 Å². The molecule has 1 atom stereocenters. The molecule has 0 saturated carbocycles. The summed E-state index contributed by atoms with van der Waals surface area (Å²) in [5, 5.41) is 3.09. The van der Waals surface area contributed by atoms with E-state index in [1.54, 1.807) is 0 Å². The molecular weight excluding hydrogens is 364 g/mol. The second kappa shape index (κ2) is 8.99. The Labute approximate surface area is 174 Å². The Morgan fingerprint density at radius 2 is 2.14 bits per heavy atom. The van der Waals surface area contributed by atoms with E-state index < -0.39 is 0 Å². The van der Waals surface area contributed by atoms with Crippen LogP contribution in [0.5, 0.6) is 0 Å². The molecule has 6 nitrogen and oxygen atoms in total. The summed E-state index contributed by atoms with van der Waals surface area (Å²) >= 11 is 0. The van der Waals surface area contributed by atoms with Crippen molar-refractivity contribution in [2.75, 3.05) is 13.2 Å². The van der Waals surface area contributed by atoms with Gasteiger partial charge >= 0.3 is 6.03 Å². The summed E-state index contributed by atoms with van der Waals surface area (Å²) in [5.41, 5.74) is 3.49. The van der Waals surface area contributed by atoms with E-state index >= 15 is 0 Å². The van der Waals surface area contributed by atoms with Gasteiger partial charge in [0.1, 0.15) is 5.82 Å². The van der Waals surface area contributed by atoms with Gasteiger partial charge in [0.15, 0.2) is 0 Å². The lowest BCUT2D eigenvalue weighted by atomic mass is 10.1. The van der Waals surface area contributed by atoms with E-state index in [0.717, 1.165) is 31.8 Å². The van der Waals surface area contributed by atoms with Gasteiger partial charge in [0.05, 0.1) is 12.6 Å². The van der Waals surface area contributed by atoms with Crippen LogP contribution in [-0.2, 0) is 17.8 Å². The number of rotatable bonds is 6. The summed E-state index contributed by atoms with van der Waals surface area (Å²) in [6.07, 6.45) is 5.95. The van der Waals surface area contributed by atoms with Gasteiger partial charge in [-0.15, -0.1) is 0 Å². The topological polar surface area (TPSA) is 59.4 Å². The van der Waals surface area contributed by atoms with Crippen LogP contribution in [0, 0.1) is 13.8 Å². The second-order valence-electron chi connectivity index (χ2n) is 9.10. The fourth-order valence-electron chi connectivity index (χ4n) is 3.61. The molecule has 3 rings (SSSR count). The average molecular weight is 399 g/mol. The van der Waals surface area contributed by atoms with Crippen LogP contribution in [-0.4, -0.2) is 45.3 Å². The number of aromatic nitrogens is 2. The fourth-order valence-corrected chi connectivity index (χ4v) is 3.61. The minimum Gasteiger partial charge on any atom is -0.376 e. The monoisotopic (exact) mass is 398 g/mol. The summed E-state index contributed by atoms with van der Waals surface area (Å²) in [6, 6.07) is 6.43. The maximum atomic E-state index is 13.0. The number of carbonyl (C=O) groups excluding carboxylic acids is 1. The van der Waals surface area contributed by atoms with E-state index in [2.05, 4.69) is 46.9 Å². The number of hydrogen-bond donors (Lipinski definition) is 1. The van der Waals surface area contributed by atoms with Crippen LogP contribution in [0.1, 0.15) is 56.1 Å². The van der Waals surface area contributed by atoms with Gasteiger partial charge in [-0.25, -0.2) is 9.78 Å². The minimum absolute atomic E-state index is 0.0747. The third-order valence-corrected chi connectivity index (χ3v) is 5.20. The molecule has 2 aromatic rings. The Kier molecular flexibility index (Phi) is 6.63. The Morgan fingerprint density at radius 1 is 1.34 bits per heavy atom. The predicted molar refractivity (Wildman–Crippen MR) is 115 cm³/mol. The molecular formula is C23H34N4O2. The fraction of sp³-hybridized carbons (Fsp3) is 0.565. The zero-order valence-corrected chi connectivity index (χ0v) is 18.4. The van der Waals surface area contributed by atoms with E-state index in [-0.39, 0.29) is 17.7 Å². The van der Waals surface area contributed by atoms with Crippen molar-refractivity contribution in [2.24, 2.45) is 0 Å². The van der Waals surface area contributed by atoms with E-state index in [4.69, 9.17) is 4.74 Å². The van der Waals surface area contributed by atoms with Crippen LogP contribution >= 0.6 is 0 Å². The quantitative estimate of drug-likeness (QED) is 0.799. The van der Waals surface area contributed by atoms with Crippen LogP contribution in [0.25, 0.3) is 0 Å². The largest absolute Gasteiger partial charge is 0.376 e. The molecule has 2 amide bonds. The highest BCUT2D eigenvalue weighted by Gasteiger charge is 2.26. The number of hydrogen-bond acceptors (Lipinski definition) is 3. The van der Waals surface area contributed by atoms with Crippen molar-refractivity contribution < 1.29 is 9.53 Å². The molecule has 0 radical (unpaired) electrons. The van der Waals surface area contributed by atoms with Gasteiger partial charge in [0.2, 0.25) is 0 Å². The Bertz CT molecular complexity index is 832. The standard InChI is InChI=1S/C23H34N4O2/c1-17-8-9-18(2)19(13-17)14-26-11-10-24-21(26)16-27(15-20-7-6-12-29-20)22(28)25-23(3,4)5/h8-11,13,20H,6-7,12,14-16H2,1-5H3,(H,25,28)/t20-/m0/s1. The number of nitrogens with one attached hydrogen (secondary N) is 1. The molecule has 0 aliphatic carbocycles. The molecule has 1 N–H and O–H groups in total. The van der Waals surface area contributed by atoms with Crippen LogP contribution < -0.4 is 5.32 Å². The van der Waals surface area contributed by atoms with Crippen molar-refractivity contribution in [3.05, 3.63) is 53.1 Å². The molecule has 1 aliphatic rings. The Hall–Kier alpha value is -2.34. The maximum Gasteiger partial charge on any atom is 0.318 e. The summed E-state index contributed by atoms with van der Waals surface area (Å²) in [4.78, 5) is 19.4. The number of aryl methyl sites for hydroxylation is 2. The van der Waals surface area contributed by atoms with Gasteiger partial charge < -0.3 is 19.5 Å². The first-order valence-electron chi connectivity index (χ1n) is 10.5. The molecule has 158 valence electrons. The number of carbonyl (C=O) groups is 1. The van der Waals surface area contributed by atoms with Gasteiger partial charge in [-0.2, -0.15) is 0 Å². The molecule has 29 heavy (non-hydrogen) atoms. The van der Waals surface area contributed by atoms with E-state index in [1.807, 2.05) is 38.1 Å². The van der Waals surface area contributed by atoms with Crippen molar-refractivity contribution >= 4 is 6.03 Å². The van der Waals surface area contributed by atoms with Crippen molar-refractivity contribution in [1.82, 2.24) is 19.8 Å². The maximum absolute atomic E-state index is 13.0. The van der Waals surface area contributed by atoms with Crippen LogP contribution in [0.2, 0.25) is 0 Å². The molecule has 1 aromatic heterocycles. The van der Waals surface area contributed by atoms with E-state index in [0.29, 0.717) is 13.1 Å². The van der Waals surface area contributed by atoms with Gasteiger partial charge in [-0.05, 0) is 58.6 Å². The van der Waals surface area contributed by atoms with Crippen LogP contribution in [0.4, 0.5) is 4.79 Å². The van der Waals surface area contributed by atoms with Crippen molar-refractivity contribution in [3.8, 4) is 0 Å². The molecule has 1 saturated heterocycles. The molecule has 0 spiro atoms. The second-order valence-corrected chi connectivity index (χ2v) is 9.10.